The quantitative estimate of drug-likeness (QED) is 0.122. The Balaban J connectivity index is 1.22. The van der Waals surface area contributed by atoms with Crippen molar-refractivity contribution < 1.29 is 54.3 Å². The molecule has 17 atom stereocenters. The maximum atomic E-state index is 11.3. The molecule has 244 valence electrons. The molecule has 5 aliphatic rings. The molecular formula is C25H48N6O11. The minimum atomic E-state index is -1.48. The normalized spacial score (nSPS) is 52.5. The number of hydrogen-bond donors (Lipinski definition) is 11. The Kier molecular flexibility index (Phi) is 10.4. The Morgan fingerprint density at radius 1 is 0.762 bits per heavy atom. The number of aliphatic hydroxyl groups is 6. The Morgan fingerprint density at radius 3 is 2.12 bits per heavy atom. The highest BCUT2D eigenvalue weighted by molar-refractivity contribution is 5.02. The van der Waals surface area contributed by atoms with E-state index in [0.717, 1.165) is 13.1 Å². The lowest BCUT2D eigenvalue weighted by Crippen LogP contribution is -2.71. The average molecular weight is 609 g/mol. The summed E-state index contributed by atoms with van der Waals surface area (Å²) in [6.45, 7) is 1.10. The zero-order valence-corrected chi connectivity index (χ0v) is 23.8. The lowest BCUT2D eigenvalue weighted by Gasteiger charge is -2.52. The molecule has 0 aromatic carbocycles. The van der Waals surface area contributed by atoms with Gasteiger partial charge in [-0.15, -0.1) is 0 Å². The molecule has 0 bridgehead atoms. The smallest absolute Gasteiger partial charge is 0.189 e. The van der Waals surface area contributed by atoms with E-state index in [2.05, 4.69) is 15.5 Å². The number of nitrogens with one attached hydrogen (secondary N) is 2. The first-order chi connectivity index (χ1) is 19.9. The highest BCUT2D eigenvalue weighted by Gasteiger charge is 2.54. The van der Waals surface area contributed by atoms with E-state index in [9.17, 15) is 30.6 Å². The first kappa shape index (κ1) is 32.7. The highest BCUT2D eigenvalue weighted by atomic mass is 16.8. The fourth-order valence-corrected chi connectivity index (χ4v) is 6.71. The van der Waals surface area contributed by atoms with Crippen molar-refractivity contribution in [2.45, 2.75) is 123 Å². The van der Waals surface area contributed by atoms with E-state index in [1.165, 1.54) is 0 Å². The molecule has 4 heterocycles. The van der Waals surface area contributed by atoms with Gasteiger partial charge in [-0.25, -0.2) is 0 Å². The van der Waals surface area contributed by atoms with Crippen molar-refractivity contribution in [2.24, 2.45) is 17.2 Å². The Morgan fingerprint density at radius 2 is 1.48 bits per heavy atom. The highest BCUT2D eigenvalue weighted by Crippen LogP contribution is 2.35. The van der Waals surface area contributed by atoms with Gasteiger partial charge in [-0.2, -0.15) is 0 Å². The molecule has 1 saturated carbocycles. The van der Waals surface area contributed by atoms with Crippen LogP contribution in [0, 0.1) is 0 Å². The molecule has 4 aliphatic heterocycles. The second-order valence-corrected chi connectivity index (χ2v) is 12.3. The number of nitrogens with zero attached hydrogens (tertiary/aromatic N) is 1. The standard InChI is InChI=1S/C25H48N6O11/c1-29-15-18(35)22-12(4-11(28)23(41-22)40-21-10(27)3-9(26)16(33)19(21)36)38-24(15)42-25-20(37)17(34)14(13(7-32)39-25)30-8-5-31(2)6-8/h8-25,29-30,32-37H,3-7,26-28H2,1-2H3/t9-,10?,11?,12+,13?,14-,15?,16?,17?,18?,19?,20?,21-,22?,23+,24?,25-/m1/s1. The summed E-state index contributed by atoms with van der Waals surface area (Å²) >= 11 is 0. The lowest BCUT2D eigenvalue weighted by molar-refractivity contribution is -0.374. The minimum Gasteiger partial charge on any atom is -0.394 e. The largest absolute Gasteiger partial charge is 0.394 e. The molecule has 1 aliphatic carbocycles. The maximum Gasteiger partial charge on any atom is 0.189 e. The maximum absolute atomic E-state index is 11.3. The zero-order chi connectivity index (χ0) is 30.5. The summed E-state index contributed by atoms with van der Waals surface area (Å²) in [4.78, 5) is 2.09. The lowest BCUT2D eigenvalue weighted by atomic mass is 9.84. The summed E-state index contributed by atoms with van der Waals surface area (Å²) < 4.78 is 29.9. The van der Waals surface area contributed by atoms with Crippen molar-refractivity contribution in [1.29, 1.82) is 0 Å². The summed E-state index contributed by atoms with van der Waals surface area (Å²) in [6, 6.07) is -3.64. The van der Waals surface area contributed by atoms with E-state index < -0.39 is 111 Å². The predicted molar refractivity (Wildman–Crippen MR) is 143 cm³/mol. The molecule has 17 heteroatoms. The molecule has 14 N–H and O–H groups in total. The molecule has 0 amide bonds. The third-order valence-electron chi connectivity index (χ3n) is 9.18. The predicted octanol–water partition coefficient (Wildman–Crippen LogP) is -7.00. The topological polar surface area (TPSA) is 273 Å². The Labute approximate surface area is 244 Å². The first-order valence-electron chi connectivity index (χ1n) is 14.6. The van der Waals surface area contributed by atoms with Crippen molar-refractivity contribution in [3.8, 4) is 0 Å². The number of aliphatic hydroxyl groups excluding tert-OH is 6. The fraction of sp³-hybridized carbons (Fsp3) is 1.00. The van der Waals surface area contributed by atoms with Gasteiger partial charge in [-0.3, -0.25) is 0 Å². The van der Waals surface area contributed by atoms with Gasteiger partial charge in [0.25, 0.3) is 0 Å². The number of nitrogens with two attached hydrogens (primary N) is 3. The summed E-state index contributed by atoms with van der Waals surface area (Å²) in [5.41, 5.74) is 18.3. The van der Waals surface area contributed by atoms with E-state index in [-0.39, 0.29) is 18.9 Å². The molecule has 17 nitrogen and oxygen atoms in total. The van der Waals surface area contributed by atoms with Crippen LogP contribution in [-0.4, -0.2) is 179 Å². The Hall–Kier alpha value is -0.680. The van der Waals surface area contributed by atoms with Gasteiger partial charge in [0.1, 0.15) is 42.7 Å². The minimum absolute atomic E-state index is 0.0856. The van der Waals surface area contributed by atoms with Crippen molar-refractivity contribution in [3.05, 3.63) is 0 Å². The number of hydrogen-bond acceptors (Lipinski definition) is 17. The summed E-state index contributed by atoms with van der Waals surface area (Å²) in [7, 11) is 3.54. The molecule has 5 rings (SSSR count). The van der Waals surface area contributed by atoms with Crippen LogP contribution in [0.2, 0.25) is 0 Å². The van der Waals surface area contributed by atoms with Crippen LogP contribution in [0.1, 0.15) is 12.8 Å². The van der Waals surface area contributed by atoms with Gasteiger partial charge in [-0.05, 0) is 26.9 Å². The Bertz CT molecular complexity index is 890. The van der Waals surface area contributed by atoms with Crippen molar-refractivity contribution in [2.75, 3.05) is 33.8 Å². The second kappa shape index (κ2) is 13.4. The van der Waals surface area contributed by atoms with Crippen LogP contribution in [0.5, 0.6) is 0 Å². The van der Waals surface area contributed by atoms with Crippen molar-refractivity contribution in [3.63, 3.8) is 0 Å². The molecule has 0 radical (unpaired) electrons. The van der Waals surface area contributed by atoms with Gasteiger partial charge >= 0.3 is 0 Å². The number of rotatable bonds is 8. The molecule has 0 aromatic heterocycles. The molecule has 5 fully saturated rings. The summed E-state index contributed by atoms with van der Waals surface area (Å²) in [5, 5.41) is 69.9. The second-order valence-electron chi connectivity index (χ2n) is 12.3. The van der Waals surface area contributed by atoms with Gasteiger partial charge in [0, 0.05) is 31.2 Å². The summed E-state index contributed by atoms with van der Waals surface area (Å²) in [5.74, 6) is 0. The molecular weight excluding hydrogens is 560 g/mol. The van der Waals surface area contributed by atoms with Crippen LogP contribution in [0.25, 0.3) is 0 Å². The van der Waals surface area contributed by atoms with Gasteiger partial charge in [-0.1, -0.05) is 0 Å². The van der Waals surface area contributed by atoms with Crippen LogP contribution in [0.4, 0.5) is 0 Å². The number of likely N-dealkylation sites (tertiary alicyclic amines) is 1. The van der Waals surface area contributed by atoms with Crippen LogP contribution in [0.15, 0.2) is 0 Å². The molecule has 4 saturated heterocycles. The third kappa shape index (κ3) is 6.35. The van der Waals surface area contributed by atoms with Crippen molar-refractivity contribution in [1.82, 2.24) is 15.5 Å². The van der Waals surface area contributed by atoms with E-state index in [1.807, 2.05) is 7.05 Å². The van der Waals surface area contributed by atoms with Crippen molar-refractivity contribution >= 4 is 0 Å². The van der Waals surface area contributed by atoms with Crippen LogP contribution in [0.3, 0.4) is 0 Å². The number of likely N-dealkylation sites (N-methyl/N-ethyl adjacent to an activating group) is 2. The van der Waals surface area contributed by atoms with Crippen LogP contribution in [-0.2, 0) is 23.7 Å². The molecule has 42 heavy (non-hydrogen) atoms. The van der Waals surface area contributed by atoms with E-state index in [0.29, 0.717) is 0 Å². The monoisotopic (exact) mass is 608 g/mol. The van der Waals surface area contributed by atoms with E-state index >= 15 is 0 Å². The zero-order valence-electron chi connectivity index (χ0n) is 23.8. The average Bonchev–Trinajstić information content (AvgIpc) is 2.93. The van der Waals surface area contributed by atoms with Gasteiger partial charge in [0.15, 0.2) is 18.9 Å². The molecule has 0 spiro atoms. The van der Waals surface area contributed by atoms with Gasteiger partial charge < -0.3 is 87.1 Å². The van der Waals surface area contributed by atoms with Crippen LogP contribution < -0.4 is 27.8 Å². The molecule has 0 aromatic rings. The van der Waals surface area contributed by atoms with Gasteiger partial charge in [0.05, 0.1) is 36.9 Å². The number of ether oxygens (including phenoxy) is 5. The number of fused-ring (bicyclic) bond motifs is 1. The first-order valence-corrected chi connectivity index (χ1v) is 14.6. The van der Waals surface area contributed by atoms with E-state index in [1.54, 1.807) is 7.05 Å². The third-order valence-corrected chi connectivity index (χ3v) is 9.18. The summed E-state index contributed by atoms with van der Waals surface area (Å²) in [6.07, 6.45) is -13.3. The molecule has 11 unspecified atom stereocenters. The van der Waals surface area contributed by atoms with Crippen LogP contribution >= 0.6 is 0 Å². The van der Waals surface area contributed by atoms with E-state index in [4.69, 9.17) is 40.9 Å². The SMILES string of the molecule is CNC1C(O[C@H]2OC(CO)[C@@H](NC3CN(C)C3)C(O)C2O)O[C@H]2CC(N)[C@@H](O[C@@H]3C(N)C[C@@H](N)C(O)C3O)OC2C1O. The van der Waals surface area contributed by atoms with Gasteiger partial charge in [0.2, 0.25) is 0 Å². The fourth-order valence-electron chi connectivity index (χ4n) is 6.71.